The van der Waals surface area contributed by atoms with E-state index in [0.29, 0.717) is 6.42 Å². The van der Waals surface area contributed by atoms with E-state index in [-0.39, 0.29) is 0 Å². The lowest BCUT2D eigenvalue weighted by Crippen LogP contribution is -1.93. The molecule has 1 aliphatic rings. The molecule has 0 radical (unpaired) electrons. The van der Waals surface area contributed by atoms with E-state index >= 15 is 0 Å². The number of rotatable bonds is 13. The summed E-state index contributed by atoms with van der Waals surface area (Å²) in [5, 5.41) is 8.35. The van der Waals surface area contributed by atoms with Gasteiger partial charge in [-0.2, -0.15) is 0 Å². The predicted octanol–water partition coefficient (Wildman–Crippen LogP) is 6.58. The number of carbonyl (C=O) groups is 1. The monoisotopic (exact) mass is 298 g/mol. The van der Waals surface area contributed by atoms with Crippen molar-refractivity contribution in [1.29, 1.82) is 0 Å². The first kappa shape index (κ1) is 20.5. The zero-order chi connectivity index (χ0) is 15.8. The Kier molecular flexibility index (Phi) is 15.5. The molecule has 2 nitrogen and oxygen atoms in total. The SMILES string of the molecule is CCCCCCC1CC1.CCCCCCCCCC(=O)O. The third-order valence-electron chi connectivity index (χ3n) is 4.16. The normalized spacial score (nSPS) is 13.6. The highest BCUT2D eigenvalue weighted by atomic mass is 16.4. The van der Waals surface area contributed by atoms with Crippen LogP contribution in [0.2, 0.25) is 0 Å². The van der Waals surface area contributed by atoms with E-state index in [1.54, 1.807) is 0 Å². The van der Waals surface area contributed by atoms with Gasteiger partial charge in [-0.1, -0.05) is 97.3 Å². The van der Waals surface area contributed by atoms with Gasteiger partial charge in [-0.3, -0.25) is 4.79 Å². The van der Waals surface area contributed by atoms with Gasteiger partial charge in [0.1, 0.15) is 0 Å². The first-order chi connectivity index (χ1) is 10.2. The Balaban J connectivity index is 0.000000394. The summed E-state index contributed by atoms with van der Waals surface area (Å²) in [5.74, 6) is 0.491. The van der Waals surface area contributed by atoms with E-state index < -0.39 is 5.97 Å². The van der Waals surface area contributed by atoms with Gasteiger partial charge in [0, 0.05) is 6.42 Å². The summed E-state index contributed by atoms with van der Waals surface area (Å²) in [6.45, 7) is 4.47. The highest BCUT2D eigenvalue weighted by Crippen LogP contribution is 2.33. The molecule has 1 rings (SSSR count). The second-order valence-electron chi connectivity index (χ2n) is 6.56. The fourth-order valence-electron chi connectivity index (χ4n) is 2.50. The zero-order valence-corrected chi connectivity index (χ0v) is 14.5. The molecule has 2 heteroatoms. The van der Waals surface area contributed by atoms with Crippen molar-refractivity contribution in [2.75, 3.05) is 0 Å². The fraction of sp³-hybridized carbons (Fsp3) is 0.947. The van der Waals surface area contributed by atoms with Crippen molar-refractivity contribution >= 4 is 5.97 Å². The van der Waals surface area contributed by atoms with Crippen LogP contribution < -0.4 is 0 Å². The van der Waals surface area contributed by atoms with E-state index in [4.69, 9.17) is 5.11 Å². The molecule has 0 aromatic heterocycles. The van der Waals surface area contributed by atoms with Crippen LogP contribution in [0, 0.1) is 5.92 Å². The second kappa shape index (κ2) is 15.9. The molecular weight excluding hydrogens is 260 g/mol. The van der Waals surface area contributed by atoms with Gasteiger partial charge in [0.25, 0.3) is 0 Å². The molecule has 126 valence electrons. The number of carboxylic acid groups (broad SMARTS) is 1. The summed E-state index contributed by atoms with van der Waals surface area (Å²) >= 11 is 0. The maximum atomic E-state index is 10.1. The van der Waals surface area contributed by atoms with Gasteiger partial charge in [-0.15, -0.1) is 0 Å². The van der Waals surface area contributed by atoms with E-state index in [2.05, 4.69) is 13.8 Å². The molecule has 1 aliphatic carbocycles. The zero-order valence-electron chi connectivity index (χ0n) is 14.5. The van der Waals surface area contributed by atoms with Crippen LogP contribution in [0.1, 0.15) is 110 Å². The van der Waals surface area contributed by atoms with Gasteiger partial charge in [-0.05, 0) is 12.3 Å². The highest BCUT2D eigenvalue weighted by Gasteiger charge is 2.19. The number of aliphatic carboxylic acids is 1. The Morgan fingerprint density at radius 2 is 1.29 bits per heavy atom. The highest BCUT2D eigenvalue weighted by molar-refractivity contribution is 5.66. The Hall–Kier alpha value is -0.530. The molecule has 1 N–H and O–H groups in total. The fourth-order valence-corrected chi connectivity index (χ4v) is 2.50. The standard InChI is InChI=1S/C10H20O2.C9H18/c1-2-3-4-5-6-7-8-9-10(11)12;1-2-3-4-5-6-9-7-8-9/h2-9H2,1H3,(H,11,12);9H,2-8H2,1H3. The lowest BCUT2D eigenvalue weighted by Gasteiger charge is -1.98. The van der Waals surface area contributed by atoms with Crippen molar-refractivity contribution in [1.82, 2.24) is 0 Å². The van der Waals surface area contributed by atoms with Gasteiger partial charge < -0.3 is 5.11 Å². The quantitative estimate of drug-likeness (QED) is 0.390. The number of unbranched alkanes of at least 4 members (excludes halogenated alkanes) is 9. The molecule has 1 saturated carbocycles. The van der Waals surface area contributed by atoms with Crippen molar-refractivity contribution < 1.29 is 9.90 Å². The van der Waals surface area contributed by atoms with Crippen LogP contribution >= 0.6 is 0 Å². The van der Waals surface area contributed by atoms with Crippen molar-refractivity contribution in [2.24, 2.45) is 5.92 Å². The lowest BCUT2D eigenvalue weighted by atomic mass is 10.1. The Labute approximate surface area is 132 Å². The molecule has 0 heterocycles. The van der Waals surface area contributed by atoms with Gasteiger partial charge in [0.15, 0.2) is 0 Å². The number of hydrogen-bond donors (Lipinski definition) is 1. The summed E-state index contributed by atoms with van der Waals surface area (Å²) in [7, 11) is 0. The van der Waals surface area contributed by atoms with Crippen molar-refractivity contribution in [3.05, 3.63) is 0 Å². The lowest BCUT2D eigenvalue weighted by molar-refractivity contribution is -0.137. The van der Waals surface area contributed by atoms with E-state index in [0.717, 1.165) is 18.8 Å². The Bertz CT molecular complexity index is 222. The minimum atomic E-state index is -0.663. The molecule has 1 fully saturated rings. The molecule has 0 aromatic carbocycles. The third-order valence-corrected chi connectivity index (χ3v) is 4.16. The minimum Gasteiger partial charge on any atom is -0.481 e. The molecule has 0 atom stereocenters. The first-order valence-electron chi connectivity index (χ1n) is 9.42. The van der Waals surface area contributed by atoms with E-state index in [1.807, 2.05) is 0 Å². The van der Waals surface area contributed by atoms with E-state index in [1.165, 1.54) is 77.0 Å². The van der Waals surface area contributed by atoms with Crippen LogP contribution in [-0.2, 0) is 4.79 Å². The summed E-state index contributed by atoms with van der Waals surface area (Å²) in [6, 6.07) is 0. The Morgan fingerprint density at radius 3 is 1.76 bits per heavy atom. The number of carboxylic acids is 1. The largest absolute Gasteiger partial charge is 0.481 e. The Morgan fingerprint density at radius 1 is 0.810 bits per heavy atom. The summed E-state index contributed by atoms with van der Waals surface area (Å²) in [5.41, 5.74) is 0. The molecule has 0 saturated heterocycles. The molecular formula is C19H38O2. The minimum absolute atomic E-state index is 0.341. The van der Waals surface area contributed by atoms with Crippen LogP contribution in [0.4, 0.5) is 0 Å². The van der Waals surface area contributed by atoms with Gasteiger partial charge >= 0.3 is 5.97 Å². The maximum absolute atomic E-state index is 10.1. The summed E-state index contributed by atoms with van der Waals surface area (Å²) in [4.78, 5) is 10.1. The molecule has 0 aromatic rings. The van der Waals surface area contributed by atoms with Gasteiger partial charge in [0.2, 0.25) is 0 Å². The maximum Gasteiger partial charge on any atom is 0.303 e. The van der Waals surface area contributed by atoms with Crippen LogP contribution in [-0.4, -0.2) is 11.1 Å². The summed E-state index contributed by atoms with van der Waals surface area (Å²) in [6.07, 6.45) is 19.0. The van der Waals surface area contributed by atoms with Crippen molar-refractivity contribution in [3.63, 3.8) is 0 Å². The second-order valence-corrected chi connectivity index (χ2v) is 6.56. The molecule has 0 spiro atoms. The average Bonchev–Trinajstić information content (AvgIpc) is 3.27. The summed E-state index contributed by atoms with van der Waals surface area (Å²) < 4.78 is 0. The number of hydrogen-bond acceptors (Lipinski definition) is 1. The van der Waals surface area contributed by atoms with Crippen molar-refractivity contribution in [3.8, 4) is 0 Å². The van der Waals surface area contributed by atoms with Crippen LogP contribution in [0.15, 0.2) is 0 Å². The molecule has 0 aliphatic heterocycles. The van der Waals surface area contributed by atoms with Crippen LogP contribution in [0.5, 0.6) is 0 Å². The topological polar surface area (TPSA) is 37.3 Å². The van der Waals surface area contributed by atoms with Gasteiger partial charge in [-0.25, -0.2) is 0 Å². The third kappa shape index (κ3) is 19.5. The van der Waals surface area contributed by atoms with Crippen molar-refractivity contribution in [2.45, 2.75) is 110 Å². The smallest absolute Gasteiger partial charge is 0.303 e. The molecule has 0 bridgehead atoms. The van der Waals surface area contributed by atoms with E-state index in [9.17, 15) is 4.79 Å². The first-order valence-corrected chi connectivity index (χ1v) is 9.42. The molecule has 21 heavy (non-hydrogen) atoms. The van der Waals surface area contributed by atoms with Crippen LogP contribution in [0.25, 0.3) is 0 Å². The molecule has 0 unspecified atom stereocenters. The predicted molar refractivity (Wildman–Crippen MR) is 91.7 cm³/mol. The molecule has 0 amide bonds. The average molecular weight is 299 g/mol. The van der Waals surface area contributed by atoms with Crippen LogP contribution in [0.3, 0.4) is 0 Å². The van der Waals surface area contributed by atoms with Gasteiger partial charge in [0.05, 0.1) is 0 Å².